The highest BCUT2D eigenvalue weighted by atomic mass is 16.5. The van der Waals surface area contributed by atoms with Crippen LogP contribution >= 0.6 is 0 Å². The van der Waals surface area contributed by atoms with Crippen molar-refractivity contribution in [1.29, 1.82) is 0 Å². The van der Waals surface area contributed by atoms with Crippen LogP contribution < -0.4 is 5.32 Å². The number of likely N-dealkylation sites (tertiary alicyclic amines) is 1. The molecule has 27 heavy (non-hydrogen) atoms. The van der Waals surface area contributed by atoms with Gasteiger partial charge >= 0.3 is 0 Å². The Hall–Kier alpha value is -1.92. The standard InChI is InChI=1S/C21H31N3O3/c1-16-4-6-17(7-5-16)13-23-14-18(12-19(23)25)20(26)22-15-21(2,3)24-8-10-27-11-9-24/h4-7,18H,8-15H2,1-3H3,(H,22,26). The van der Waals surface area contributed by atoms with Crippen molar-refractivity contribution >= 4 is 11.8 Å². The van der Waals surface area contributed by atoms with Gasteiger partial charge in [0.25, 0.3) is 0 Å². The smallest absolute Gasteiger partial charge is 0.225 e. The second-order valence-electron chi connectivity index (χ2n) is 8.29. The summed E-state index contributed by atoms with van der Waals surface area (Å²) in [5, 5.41) is 3.07. The molecular weight excluding hydrogens is 342 g/mol. The molecule has 3 rings (SSSR count). The van der Waals surface area contributed by atoms with Gasteiger partial charge in [-0.15, -0.1) is 0 Å². The van der Waals surface area contributed by atoms with Crippen LogP contribution in [0.25, 0.3) is 0 Å². The molecule has 0 saturated carbocycles. The van der Waals surface area contributed by atoms with E-state index in [2.05, 4.69) is 24.1 Å². The molecule has 2 fully saturated rings. The maximum atomic E-state index is 12.6. The largest absolute Gasteiger partial charge is 0.379 e. The quantitative estimate of drug-likeness (QED) is 0.822. The van der Waals surface area contributed by atoms with E-state index in [4.69, 9.17) is 4.74 Å². The van der Waals surface area contributed by atoms with Gasteiger partial charge in [-0.3, -0.25) is 14.5 Å². The predicted molar refractivity (Wildman–Crippen MR) is 104 cm³/mol. The van der Waals surface area contributed by atoms with Crippen LogP contribution in [-0.4, -0.2) is 66.5 Å². The summed E-state index contributed by atoms with van der Waals surface area (Å²) >= 11 is 0. The Bertz CT molecular complexity index is 666. The SMILES string of the molecule is Cc1ccc(CN2CC(C(=O)NCC(C)(C)N3CCOCC3)CC2=O)cc1. The fourth-order valence-corrected chi connectivity index (χ4v) is 3.74. The monoisotopic (exact) mass is 373 g/mol. The zero-order valence-electron chi connectivity index (χ0n) is 16.7. The Kier molecular flexibility index (Phi) is 6.17. The van der Waals surface area contributed by atoms with E-state index in [0.29, 0.717) is 26.1 Å². The number of ether oxygens (including phenoxy) is 1. The van der Waals surface area contributed by atoms with E-state index in [-0.39, 0.29) is 23.3 Å². The van der Waals surface area contributed by atoms with Crippen LogP contribution in [0.4, 0.5) is 0 Å². The van der Waals surface area contributed by atoms with E-state index in [1.807, 2.05) is 31.2 Å². The lowest BCUT2D eigenvalue weighted by molar-refractivity contribution is -0.129. The van der Waals surface area contributed by atoms with Crippen molar-refractivity contribution in [3.05, 3.63) is 35.4 Å². The predicted octanol–water partition coefficient (Wildman–Crippen LogP) is 1.57. The minimum Gasteiger partial charge on any atom is -0.379 e. The van der Waals surface area contributed by atoms with E-state index >= 15 is 0 Å². The van der Waals surface area contributed by atoms with Gasteiger partial charge in [0.2, 0.25) is 11.8 Å². The van der Waals surface area contributed by atoms with Crippen molar-refractivity contribution in [2.75, 3.05) is 39.4 Å². The van der Waals surface area contributed by atoms with Gasteiger partial charge in [-0.2, -0.15) is 0 Å². The van der Waals surface area contributed by atoms with Gasteiger partial charge in [0.1, 0.15) is 0 Å². The van der Waals surface area contributed by atoms with Crippen LogP contribution in [0.2, 0.25) is 0 Å². The zero-order valence-corrected chi connectivity index (χ0v) is 16.7. The number of aryl methyl sites for hydroxylation is 1. The fourth-order valence-electron chi connectivity index (χ4n) is 3.74. The Morgan fingerprint density at radius 3 is 2.56 bits per heavy atom. The first-order chi connectivity index (χ1) is 12.8. The molecule has 0 bridgehead atoms. The molecule has 6 heteroatoms. The molecule has 1 aromatic rings. The van der Waals surface area contributed by atoms with Gasteiger partial charge in [-0.05, 0) is 26.3 Å². The van der Waals surface area contributed by atoms with E-state index in [0.717, 1.165) is 31.9 Å². The number of benzene rings is 1. The molecule has 2 amide bonds. The molecule has 6 nitrogen and oxygen atoms in total. The number of rotatable bonds is 6. The molecule has 1 atom stereocenters. The number of carbonyl (C=O) groups is 2. The number of hydrogen-bond donors (Lipinski definition) is 1. The van der Waals surface area contributed by atoms with E-state index in [9.17, 15) is 9.59 Å². The van der Waals surface area contributed by atoms with E-state index in [1.165, 1.54) is 5.56 Å². The third kappa shape index (κ3) is 5.08. The topological polar surface area (TPSA) is 61.9 Å². The zero-order chi connectivity index (χ0) is 19.4. The lowest BCUT2D eigenvalue weighted by Crippen LogP contribution is -2.55. The molecule has 1 N–H and O–H groups in total. The number of amides is 2. The number of carbonyl (C=O) groups excluding carboxylic acids is 2. The van der Waals surface area contributed by atoms with Crippen LogP contribution in [0.3, 0.4) is 0 Å². The van der Waals surface area contributed by atoms with Crippen molar-refractivity contribution < 1.29 is 14.3 Å². The number of morpholine rings is 1. The Labute approximate surface area is 161 Å². The number of nitrogens with one attached hydrogen (secondary N) is 1. The first-order valence-corrected chi connectivity index (χ1v) is 9.79. The lowest BCUT2D eigenvalue weighted by atomic mass is 10.0. The molecule has 0 aliphatic carbocycles. The summed E-state index contributed by atoms with van der Waals surface area (Å²) in [5.74, 6) is -0.220. The summed E-state index contributed by atoms with van der Waals surface area (Å²) < 4.78 is 5.41. The molecule has 0 spiro atoms. The molecule has 0 aromatic heterocycles. The van der Waals surface area contributed by atoms with Crippen molar-refractivity contribution in [1.82, 2.24) is 15.1 Å². The minimum atomic E-state index is -0.261. The minimum absolute atomic E-state index is 0.0175. The van der Waals surface area contributed by atoms with Crippen molar-refractivity contribution in [2.24, 2.45) is 5.92 Å². The van der Waals surface area contributed by atoms with Gasteiger partial charge < -0.3 is 15.0 Å². The van der Waals surface area contributed by atoms with Crippen LogP contribution in [0.5, 0.6) is 0 Å². The van der Waals surface area contributed by atoms with Crippen molar-refractivity contribution in [2.45, 2.75) is 39.3 Å². The molecular formula is C21H31N3O3. The van der Waals surface area contributed by atoms with Crippen LogP contribution in [-0.2, 0) is 20.9 Å². The van der Waals surface area contributed by atoms with Gasteiger partial charge in [0.05, 0.1) is 19.1 Å². The second-order valence-corrected chi connectivity index (χ2v) is 8.29. The van der Waals surface area contributed by atoms with Gasteiger partial charge in [-0.25, -0.2) is 0 Å². The van der Waals surface area contributed by atoms with Crippen molar-refractivity contribution in [3.63, 3.8) is 0 Å². The van der Waals surface area contributed by atoms with Gasteiger partial charge in [0, 0.05) is 44.7 Å². The molecule has 2 saturated heterocycles. The molecule has 2 heterocycles. The van der Waals surface area contributed by atoms with Gasteiger partial charge in [0.15, 0.2) is 0 Å². The maximum absolute atomic E-state index is 12.6. The third-order valence-corrected chi connectivity index (χ3v) is 5.64. The van der Waals surface area contributed by atoms with Crippen LogP contribution in [0.1, 0.15) is 31.4 Å². The average molecular weight is 373 g/mol. The Balaban J connectivity index is 1.50. The molecule has 1 unspecified atom stereocenters. The highest BCUT2D eigenvalue weighted by Gasteiger charge is 2.35. The first-order valence-electron chi connectivity index (χ1n) is 9.79. The Morgan fingerprint density at radius 1 is 1.22 bits per heavy atom. The lowest BCUT2D eigenvalue weighted by Gasteiger charge is -2.41. The molecule has 2 aliphatic heterocycles. The normalized spacial score (nSPS) is 21.5. The highest BCUT2D eigenvalue weighted by molar-refractivity contribution is 5.89. The number of nitrogens with zero attached hydrogens (tertiary/aromatic N) is 2. The molecule has 2 aliphatic rings. The summed E-state index contributed by atoms with van der Waals surface area (Å²) in [6, 6.07) is 8.18. The summed E-state index contributed by atoms with van der Waals surface area (Å²) in [7, 11) is 0. The van der Waals surface area contributed by atoms with Crippen molar-refractivity contribution in [3.8, 4) is 0 Å². The van der Waals surface area contributed by atoms with Crippen LogP contribution in [0.15, 0.2) is 24.3 Å². The average Bonchev–Trinajstić information content (AvgIpc) is 3.03. The number of hydrogen-bond acceptors (Lipinski definition) is 4. The van der Waals surface area contributed by atoms with Crippen LogP contribution in [0, 0.1) is 12.8 Å². The molecule has 1 aromatic carbocycles. The Morgan fingerprint density at radius 2 is 1.89 bits per heavy atom. The summed E-state index contributed by atoms with van der Waals surface area (Å²) in [5.41, 5.74) is 2.18. The molecule has 148 valence electrons. The summed E-state index contributed by atoms with van der Waals surface area (Å²) in [6.07, 6.45) is 0.301. The third-order valence-electron chi connectivity index (χ3n) is 5.64. The van der Waals surface area contributed by atoms with Gasteiger partial charge in [-0.1, -0.05) is 29.8 Å². The highest BCUT2D eigenvalue weighted by Crippen LogP contribution is 2.21. The van der Waals surface area contributed by atoms with E-state index < -0.39 is 0 Å². The fraction of sp³-hybridized carbons (Fsp3) is 0.619. The summed E-state index contributed by atoms with van der Waals surface area (Å²) in [6.45, 7) is 11.2. The maximum Gasteiger partial charge on any atom is 0.225 e. The van der Waals surface area contributed by atoms with E-state index in [1.54, 1.807) is 4.90 Å². The summed E-state index contributed by atoms with van der Waals surface area (Å²) in [4.78, 5) is 29.1. The first kappa shape index (κ1) is 19.8. The molecule has 0 radical (unpaired) electrons. The second kappa shape index (κ2) is 8.40.